The Morgan fingerprint density at radius 1 is 1.37 bits per heavy atom. The largest absolute Gasteiger partial charge is 0.478 e. The second-order valence-electron chi connectivity index (χ2n) is 5.67. The molecule has 0 aromatic heterocycles. The molecule has 0 saturated heterocycles. The van der Waals surface area contributed by atoms with E-state index in [9.17, 15) is 13.6 Å². The first-order chi connectivity index (χ1) is 8.83. The number of nitrogens with one attached hydrogen (secondary N) is 1. The maximum atomic E-state index is 13.8. The molecule has 19 heavy (non-hydrogen) atoms. The van der Waals surface area contributed by atoms with Crippen LogP contribution in [0.3, 0.4) is 0 Å². The number of carboxylic acids is 1. The monoisotopic (exact) mass is 269 g/mol. The average Bonchev–Trinajstić information content (AvgIpc) is 2.64. The van der Waals surface area contributed by atoms with Gasteiger partial charge in [-0.1, -0.05) is 20.3 Å². The molecule has 1 fully saturated rings. The second kappa shape index (κ2) is 4.79. The minimum atomic E-state index is -1.47. The van der Waals surface area contributed by atoms with Crippen LogP contribution in [0.1, 0.15) is 43.5 Å². The van der Waals surface area contributed by atoms with Gasteiger partial charge in [0.05, 0.1) is 11.3 Å². The van der Waals surface area contributed by atoms with Gasteiger partial charge in [-0.25, -0.2) is 13.6 Å². The van der Waals surface area contributed by atoms with Crippen molar-refractivity contribution in [1.82, 2.24) is 0 Å². The van der Waals surface area contributed by atoms with Crippen molar-refractivity contribution in [3.8, 4) is 0 Å². The lowest BCUT2D eigenvalue weighted by molar-refractivity contribution is 0.0690. The zero-order chi connectivity index (χ0) is 14.2. The van der Waals surface area contributed by atoms with E-state index in [2.05, 4.69) is 19.2 Å². The van der Waals surface area contributed by atoms with E-state index >= 15 is 0 Å². The molecule has 1 aliphatic rings. The van der Waals surface area contributed by atoms with Gasteiger partial charge >= 0.3 is 5.97 Å². The number of carboxylic acid groups (broad SMARTS) is 1. The molecule has 2 N–H and O–H groups in total. The van der Waals surface area contributed by atoms with Gasteiger partial charge in [0.2, 0.25) is 0 Å². The fourth-order valence-corrected chi connectivity index (χ4v) is 2.61. The predicted octanol–water partition coefficient (Wildman–Crippen LogP) is 3.65. The normalized spacial score (nSPS) is 21.4. The summed E-state index contributed by atoms with van der Waals surface area (Å²) in [6, 6.07) is 2.44. The van der Waals surface area contributed by atoms with Gasteiger partial charge in [0, 0.05) is 6.04 Å². The first-order valence-corrected chi connectivity index (χ1v) is 6.31. The molecule has 0 aliphatic heterocycles. The van der Waals surface area contributed by atoms with E-state index in [1.807, 2.05) is 0 Å². The first kappa shape index (κ1) is 13.8. The van der Waals surface area contributed by atoms with Gasteiger partial charge in [-0.3, -0.25) is 0 Å². The minimum Gasteiger partial charge on any atom is -0.478 e. The van der Waals surface area contributed by atoms with Gasteiger partial charge < -0.3 is 10.4 Å². The maximum Gasteiger partial charge on any atom is 0.338 e. The SMILES string of the molecule is CC1(C)CCCC1Nc1ccc(C(=O)O)c(F)c1F. The Balaban J connectivity index is 2.27. The summed E-state index contributed by atoms with van der Waals surface area (Å²) in [5.74, 6) is -3.90. The van der Waals surface area contributed by atoms with Crippen LogP contribution in [0.5, 0.6) is 0 Å². The Kier molecular flexibility index (Phi) is 3.47. The van der Waals surface area contributed by atoms with Gasteiger partial charge in [0.15, 0.2) is 11.6 Å². The van der Waals surface area contributed by atoms with Crippen molar-refractivity contribution >= 4 is 11.7 Å². The van der Waals surface area contributed by atoms with Crippen LogP contribution < -0.4 is 5.32 Å². The van der Waals surface area contributed by atoms with Crippen molar-refractivity contribution < 1.29 is 18.7 Å². The van der Waals surface area contributed by atoms with Crippen LogP contribution in [0.2, 0.25) is 0 Å². The molecule has 3 nitrogen and oxygen atoms in total. The third-order valence-electron chi connectivity index (χ3n) is 3.90. The van der Waals surface area contributed by atoms with Crippen molar-refractivity contribution in [3.05, 3.63) is 29.3 Å². The molecule has 5 heteroatoms. The highest BCUT2D eigenvalue weighted by Gasteiger charge is 2.35. The van der Waals surface area contributed by atoms with Crippen LogP contribution in [0.4, 0.5) is 14.5 Å². The van der Waals surface area contributed by atoms with E-state index in [1.165, 1.54) is 6.07 Å². The number of halogens is 2. The molecule has 1 aliphatic carbocycles. The van der Waals surface area contributed by atoms with E-state index in [-0.39, 0.29) is 17.1 Å². The van der Waals surface area contributed by atoms with Crippen LogP contribution in [0, 0.1) is 17.0 Å². The molecule has 0 amide bonds. The molecule has 1 aromatic rings. The van der Waals surface area contributed by atoms with Gasteiger partial charge in [-0.15, -0.1) is 0 Å². The van der Waals surface area contributed by atoms with Crippen molar-refractivity contribution in [1.29, 1.82) is 0 Å². The van der Waals surface area contributed by atoms with E-state index < -0.39 is 23.2 Å². The van der Waals surface area contributed by atoms with Gasteiger partial charge in [-0.05, 0) is 30.4 Å². The molecular formula is C14H17F2NO2. The fourth-order valence-electron chi connectivity index (χ4n) is 2.61. The van der Waals surface area contributed by atoms with Crippen LogP contribution in [-0.2, 0) is 0 Å². The first-order valence-electron chi connectivity index (χ1n) is 6.31. The van der Waals surface area contributed by atoms with Crippen LogP contribution in [0.15, 0.2) is 12.1 Å². The molecule has 2 rings (SSSR count). The van der Waals surface area contributed by atoms with E-state index in [1.54, 1.807) is 0 Å². The summed E-state index contributed by atoms with van der Waals surface area (Å²) in [6.45, 7) is 4.16. The molecule has 1 atom stereocenters. The van der Waals surface area contributed by atoms with Gasteiger partial charge in [0.1, 0.15) is 0 Å². The number of hydrogen-bond acceptors (Lipinski definition) is 2. The zero-order valence-electron chi connectivity index (χ0n) is 11.0. The Morgan fingerprint density at radius 3 is 2.58 bits per heavy atom. The van der Waals surface area contributed by atoms with Crippen molar-refractivity contribution in [2.45, 2.75) is 39.2 Å². The quantitative estimate of drug-likeness (QED) is 0.880. The number of carbonyl (C=O) groups is 1. The van der Waals surface area contributed by atoms with Crippen LogP contribution >= 0.6 is 0 Å². The molecule has 1 aromatic carbocycles. The molecular weight excluding hydrogens is 252 g/mol. The number of benzene rings is 1. The van der Waals surface area contributed by atoms with E-state index in [0.29, 0.717) is 0 Å². The Bertz CT molecular complexity index is 514. The number of hydrogen-bond donors (Lipinski definition) is 2. The standard InChI is InChI=1S/C14H17F2NO2/c1-14(2)7-3-4-10(14)17-9-6-5-8(13(18)19)11(15)12(9)16/h5-6,10,17H,3-4,7H2,1-2H3,(H,18,19). The van der Waals surface area contributed by atoms with Crippen molar-refractivity contribution in [3.63, 3.8) is 0 Å². The fraction of sp³-hybridized carbons (Fsp3) is 0.500. The van der Waals surface area contributed by atoms with Gasteiger partial charge in [-0.2, -0.15) is 0 Å². The summed E-state index contributed by atoms with van der Waals surface area (Å²) in [6.07, 6.45) is 2.97. The van der Waals surface area contributed by atoms with E-state index in [4.69, 9.17) is 5.11 Å². The summed E-state index contributed by atoms with van der Waals surface area (Å²) in [7, 11) is 0. The Morgan fingerprint density at radius 2 is 2.05 bits per heavy atom. The summed E-state index contributed by atoms with van der Waals surface area (Å²) < 4.78 is 27.4. The topological polar surface area (TPSA) is 49.3 Å². The molecule has 0 heterocycles. The van der Waals surface area contributed by atoms with Gasteiger partial charge in [0.25, 0.3) is 0 Å². The number of rotatable bonds is 3. The molecule has 1 unspecified atom stereocenters. The van der Waals surface area contributed by atoms with Crippen LogP contribution in [-0.4, -0.2) is 17.1 Å². The average molecular weight is 269 g/mol. The Hall–Kier alpha value is -1.65. The minimum absolute atomic E-state index is 0.0222. The van der Waals surface area contributed by atoms with Crippen LogP contribution in [0.25, 0.3) is 0 Å². The summed E-state index contributed by atoms with van der Waals surface area (Å²) in [4.78, 5) is 10.7. The lowest BCUT2D eigenvalue weighted by atomic mass is 9.87. The summed E-state index contributed by atoms with van der Waals surface area (Å²) >= 11 is 0. The third kappa shape index (κ3) is 2.55. The molecule has 0 bridgehead atoms. The Labute approximate surface area is 110 Å². The molecule has 104 valence electrons. The zero-order valence-corrected chi connectivity index (χ0v) is 11.0. The van der Waals surface area contributed by atoms with E-state index in [0.717, 1.165) is 25.3 Å². The lowest BCUT2D eigenvalue weighted by Gasteiger charge is -2.29. The van der Waals surface area contributed by atoms with Crippen molar-refractivity contribution in [2.75, 3.05) is 5.32 Å². The predicted molar refractivity (Wildman–Crippen MR) is 68.4 cm³/mol. The molecule has 0 radical (unpaired) electrons. The number of anilines is 1. The second-order valence-corrected chi connectivity index (χ2v) is 5.67. The summed E-state index contributed by atoms with van der Waals surface area (Å²) in [5, 5.41) is 11.7. The maximum absolute atomic E-state index is 13.8. The summed E-state index contributed by atoms with van der Waals surface area (Å²) in [5.41, 5.74) is -0.592. The lowest BCUT2D eigenvalue weighted by Crippen LogP contribution is -2.31. The number of aromatic carboxylic acids is 1. The highest BCUT2D eigenvalue weighted by Crippen LogP contribution is 2.39. The third-order valence-corrected chi connectivity index (χ3v) is 3.90. The highest BCUT2D eigenvalue weighted by atomic mass is 19.2. The smallest absolute Gasteiger partial charge is 0.338 e. The molecule has 0 spiro atoms. The highest BCUT2D eigenvalue weighted by molar-refractivity contribution is 5.88. The molecule has 1 saturated carbocycles. The van der Waals surface area contributed by atoms with Crippen molar-refractivity contribution in [2.24, 2.45) is 5.41 Å².